The Morgan fingerprint density at radius 3 is 1.92 bits per heavy atom. The molecule has 0 fully saturated rings. The summed E-state index contributed by atoms with van der Waals surface area (Å²) < 4.78 is 0. The van der Waals surface area contributed by atoms with E-state index in [1.165, 1.54) is 12.8 Å². The van der Waals surface area contributed by atoms with Crippen molar-refractivity contribution in [1.29, 1.82) is 0 Å². The van der Waals surface area contributed by atoms with Crippen LogP contribution < -0.4 is 11.1 Å². The average Bonchev–Trinajstić information content (AvgIpc) is 2.14. The van der Waals surface area contributed by atoms with Crippen LogP contribution in [0, 0.1) is 11.8 Å². The highest BCUT2D eigenvalue weighted by Crippen LogP contribution is 2.16. The second-order valence-corrected chi connectivity index (χ2v) is 3.66. The number of hydrogen-bond acceptors (Lipinski definition) is 2. The Labute approximate surface area is 84.3 Å². The summed E-state index contributed by atoms with van der Waals surface area (Å²) in [5.74, 6) is 1.76. The topological polar surface area (TPSA) is 38.0 Å². The Kier molecular flexibility index (Phi) is 14.1. The van der Waals surface area contributed by atoms with Crippen LogP contribution in [0.1, 0.15) is 40.5 Å². The van der Waals surface area contributed by atoms with E-state index in [1.807, 2.05) is 14.0 Å². The van der Waals surface area contributed by atoms with Crippen LogP contribution in [0.5, 0.6) is 0 Å². The van der Waals surface area contributed by atoms with E-state index in [0.29, 0.717) is 0 Å². The summed E-state index contributed by atoms with van der Waals surface area (Å²) in [6.07, 6.45) is 2.62. The lowest BCUT2D eigenvalue weighted by Gasteiger charge is -2.17. The molecule has 82 valence electrons. The summed E-state index contributed by atoms with van der Waals surface area (Å²) in [5.41, 5.74) is 4.85. The zero-order valence-corrected chi connectivity index (χ0v) is 10.1. The van der Waals surface area contributed by atoms with E-state index in [0.717, 1.165) is 24.9 Å². The van der Waals surface area contributed by atoms with E-state index in [1.54, 1.807) is 0 Å². The summed E-state index contributed by atoms with van der Waals surface area (Å²) in [7, 11) is 2.02. The lowest BCUT2D eigenvalue weighted by atomic mass is 9.91. The Morgan fingerprint density at radius 1 is 1.15 bits per heavy atom. The van der Waals surface area contributed by atoms with Gasteiger partial charge in [0.25, 0.3) is 0 Å². The van der Waals surface area contributed by atoms with E-state index < -0.39 is 0 Å². The van der Waals surface area contributed by atoms with Gasteiger partial charge >= 0.3 is 0 Å². The third-order valence-electron chi connectivity index (χ3n) is 2.47. The largest absolute Gasteiger partial charge is 0.331 e. The van der Waals surface area contributed by atoms with Gasteiger partial charge in [0.15, 0.2) is 0 Å². The van der Waals surface area contributed by atoms with Crippen LogP contribution in [-0.4, -0.2) is 20.1 Å². The molecule has 0 amide bonds. The van der Waals surface area contributed by atoms with E-state index in [2.05, 4.69) is 26.1 Å². The smallest absolute Gasteiger partial charge is 0.00493 e. The Balaban J connectivity index is 0. The van der Waals surface area contributed by atoms with Gasteiger partial charge < -0.3 is 11.1 Å². The quantitative estimate of drug-likeness (QED) is 0.694. The van der Waals surface area contributed by atoms with E-state index in [4.69, 9.17) is 5.73 Å². The van der Waals surface area contributed by atoms with Crippen molar-refractivity contribution in [3.63, 3.8) is 0 Å². The monoisotopic (exact) mass is 188 g/mol. The minimum Gasteiger partial charge on any atom is -0.331 e. The van der Waals surface area contributed by atoms with Crippen molar-refractivity contribution >= 4 is 0 Å². The molecule has 0 aliphatic carbocycles. The van der Waals surface area contributed by atoms with Crippen LogP contribution in [0.3, 0.4) is 0 Å². The molecular weight excluding hydrogens is 160 g/mol. The van der Waals surface area contributed by atoms with Crippen LogP contribution >= 0.6 is 0 Å². The minimum absolute atomic E-state index is 0.750. The van der Waals surface area contributed by atoms with Gasteiger partial charge in [-0.3, -0.25) is 0 Å². The molecule has 0 rings (SSSR count). The lowest BCUT2D eigenvalue weighted by Crippen LogP contribution is -2.15. The molecule has 0 saturated heterocycles. The van der Waals surface area contributed by atoms with Crippen molar-refractivity contribution in [1.82, 2.24) is 5.32 Å². The highest BCUT2D eigenvalue weighted by atomic mass is 14.8. The summed E-state index contributed by atoms with van der Waals surface area (Å²) >= 11 is 0. The molecule has 0 spiro atoms. The van der Waals surface area contributed by atoms with Gasteiger partial charge in [-0.05, 0) is 38.4 Å². The van der Waals surface area contributed by atoms with Gasteiger partial charge in [-0.1, -0.05) is 34.1 Å². The summed E-state index contributed by atoms with van der Waals surface area (Å²) in [5, 5.41) is 3.18. The van der Waals surface area contributed by atoms with Gasteiger partial charge in [0.1, 0.15) is 0 Å². The Hall–Kier alpha value is -0.0800. The Bertz CT molecular complexity index is 84.2. The van der Waals surface area contributed by atoms with Crippen molar-refractivity contribution in [2.24, 2.45) is 17.6 Å². The molecule has 0 bridgehead atoms. The zero-order valence-electron chi connectivity index (χ0n) is 10.1. The van der Waals surface area contributed by atoms with Crippen LogP contribution in [0.15, 0.2) is 0 Å². The summed E-state index contributed by atoms with van der Waals surface area (Å²) in [6, 6.07) is 0. The molecule has 2 heteroatoms. The van der Waals surface area contributed by atoms with Crippen LogP contribution in [-0.2, 0) is 0 Å². The molecule has 0 heterocycles. The van der Waals surface area contributed by atoms with Gasteiger partial charge in [0.05, 0.1) is 0 Å². The SMILES string of the molecule is CCC(C)C(C)CCNC.CCN. The molecule has 0 saturated carbocycles. The van der Waals surface area contributed by atoms with E-state index in [-0.39, 0.29) is 0 Å². The molecule has 0 radical (unpaired) electrons. The predicted octanol–water partition coefficient (Wildman–Crippen LogP) is 2.24. The molecule has 0 aliphatic rings. The first-order valence-electron chi connectivity index (χ1n) is 5.48. The van der Waals surface area contributed by atoms with Gasteiger partial charge in [-0.15, -0.1) is 0 Å². The van der Waals surface area contributed by atoms with Gasteiger partial charge in [-0.25, -0.2) is 0 Å². The standard InChI is InChI=1S/C9H21N.C2H7N/c1-5-8(2)9(3)6-7-10-4;1-2-3/h8-10H,5-7H2,1-4H3;2-3H2,1H3. The minimum atomic E-state index is 0.750. The van der Waals surface area contributed by atoms with Gasteiger partial charge in [-0.2, -0.15) is 0 Å². The number of nitrogens with one attached hydrogen (secondary N) is 1. The van der Waals surface area contributed by atoms with E-state index >= 15 is 0 Å². The molecule has 13 heavy (non-hydrogen) atoms. The maximum Gasteiger partial charge on any atom is -0.00493 e. The van der Waals surface area contributed by atoms with Crippen molar-refractivity contribution in [2.45, 2.75) is 40.5 Å². The molecule has 2 atom stereocenters. The maximum absolute atomic E-state index is 4.85. The number of rotatable bonds is 5. The first kappa shape index (κ1) is 15.4. The maximum atomic E-state index is 4.85. The van der Waals surface area contributed by atoms with Crippen LogP contribution in [0.25, 0.3) is 0 Å². The molecular formula is C11H28N2. The molecule has 2 unspecified atom stereocenters. The fourth-order valence-electron chi connectivity index (χ4n) is 1.06. The van der Waals surface area contributed by atoms with Gasteiger partial charge in [0, 0.05) is 0 Å². The van der Waals surface area contributed by atoms with Crippen molar-refractivity contribution in [2.75, 3.05) is 20.1 Å². The molecule has 3 N–H and O–H groups in total. The fourth-order valence-corrected chi connectivity index (χ4v) is 1.06. The molecule has 0 aromatic heterocycles. The average molecular weight is 188 g/mol. The number of hydrogen-bond donors (Lipinski definition) is 2. The fraction of sp³-hybridized carbons (Fsp3) is 1.00. The second kappa shape index (κ2) is 11.9. The third kappa shape index (κ3) is 11.9. The first-order chi connectivity index (χ1) is 6.13. The van der Waals surface area contributed by atoms with Crippen molar-refractivity contribution in [3.05, 3.63) is 0 Å². The zero-order chi connectivity index (χ0) is 10.7. The van der Waals surface area contributed by atoms with Crippen molar-refractivity contribution < 1.29 is 0 Å². The lowest BCUT2D eigenvalue weighted by molar-refractivity contribution is 0.352. The predicted molar refractivity (Wildman–Crippen MR) is 61.9 cm³/mol. The highest BCUT2D eigenvalue weighted by Gasteiger charge is 2.08. The van der Waals surface area contributed by atoms with E-state index in [9.17, 15) is 0 Å². The number of nitrogens with two attached hydrogens (primary N) is 1. The molecule has 0 aliphatic heterocycles. The Morgan fingerprint density at radius 2 is 1.62 bits per heavy atom. The molecule has 0 aromatic rings. The van der Waals surface area contributed by atoms with Crippen LogP contribution in [0.4, 0.5) is 0 Å². The highest BCUT2D eigenvalue weighted by molar-refractivity contribution is 4.60. The molecule has 2 nitrogen and oxygen atoms in total. The molecule has 0 aromatic carbocycles. The second-order valence-electron chi connectivity index (χ2n) is 3.66. The summed E-state index contributed by atoms with van der Waals surface area (Å²) in [6.45, 7) is 10.7. The van der Waals surface area contributed by atoms with Gasteiger partial charge in [0.2, 0.25) is 0 Å². The first-order valence-corrected chi connectivity index (χ1v) is 5.48. The normalized spacial score (nSPS) is 14.3. The summed E-state index contributed by atoms with van der Waals surface area (Å²) in [4.78, 5) is 0. The third-order valence-corrected chi connectivity index (χ3v) is 2.47. The van der Waals surface area contributed by atoms with Crippen LogP contribution in [0.2, 0.25) is 0 Å². The van der Waals surface area contributed by atoms with Crippen molar-refractivity contribution in [3.8, 4) is 0 Å².